The molecule has 48 valence electrons. The molecule has 0 rings (SSSR count). The Morgan fingerprint density at radius 1 is 1.89 bits per heavy atom. The summed E-state index contributed by atoms with van der Waals surface area (Å²) in [4.78, 5) is 10.4. The van der Waals surface area contributed by atoms with Crippen molar-refractivity contribution in [2.24, 2.45) is 0 Å². The zero-order valence-electron chi connectivity index (χ0n) is 5.09. The molecule has 0 spiro atoms. The minimum Gasteiger partial charge on any atom is -0.461 e. The second kappa shape index (κ2) is 4.92. The Labute approximate surface area is 54.5 Å². The molecular weight excluding hydrogens is 116 g/mol. The molecule has 0 aliphatic heterocycles. The monoisotopic (exact) mass is 124 g/mol. The second-order valence-electron chi connectivity index (χ2n) is 1.35. The van der Waals surface area contributed by atoms with E-state index < -0.39 is 0 Å². The number of carbonyl (C=O) groups excluding carboxylic acids is 1. The van der Waals surface area contributed by atoms with Gasteiger partial charge in [0.2, 0.25) is 0 Å². The van der Waals surface area contributed by atoms with Gasteiger partial charge in [-0.3, -0.25) is 4.79 Å². The molecule has 0 aliphatic carbocycles. The van der Waals surface area contributed by atoms with Crippen LogP contribution in [0.4, 0.5) is 0 Å². The molecule has 0 saturated carbocycles. The van der Waals surface area contributed by atoms with Crippen LogP contribution in [0.5, 0.6) is 0 Å². The lowest BCUT2D eigenvalue weighted by molar-refractivity contribution is -0.141. The molecule has 0 aromatic heterocycles. The summed E-state index contributed by atoms with van der Waals surface area (Å²) in [5, 5.41) is 0. The zero-order valence-corrected chi connectivity index (χ0v) is 5.09. The lowest BCUT2D eigenvalue weighted by Gasteiger charge is -1.94. The first-order valence-corrected chi connectivity index (χ1v) is 2.51. The third-order valence-corrected chi connectivity index (χ3v) is 0.609. The SMILES string of the molecule is C#CCC(=O)OCC=C. The van der Waals surface area contributed by atoms with E-state index in [4.69, 9.17) is 6.42 Å². The van der Waals surface area contributed by atoms with E-state index in [1.807, 2.05) is 0 Å². The van der Waals surface area contributed by atoms with Crippen molar-refractivity contribution in [3.8, 4) is 12.3 Å². The summed E-state index contributed by atoms with van der Waals surface area (Å²) >= 11 is 0. The molecule has 0 radical (unpaired) electrons. The normalized spacial score (nSPS) is 7.44. The molecular formula is C7H8O2. The summed E-state index contributed by atoms with van der Waals surface area (Å²) in [5.74, 6) is 1.79. The van der Waals surface area contributed by atoms with Gasteiger partial charge >= 0.3 is 5.97 Å². The van der Waals surface area contributed by atoms with E-state index in [9.17, 15) is 4.79 Å². The van der Waals surface area contributed by atoms with Crippen molar-refractivity contribution in [1.82, 2.24) is 0 Å². The number of esters is 1. The fraction of sp³-hybridized carbons (Fsp3) is 0.286. The van der Waals surface area contributed by atoms with Crippen LogP contribution < -0.4 is 0 Å². The molecule has 0 aromatic carbocycles. The number of rotatable bonds is 3. The van der Waals surface area contributed by atoms with E-state index in [-0.39, 0.29) is 19.0 Å². The summed E-state index contributed by atoms with van der Waals surface area (Å²) in [6.07, 6.45) is 6.35. The van der Waals surface area contributed by atoms with Crippen LogP contribution in [0.3, 0.4) is 0 Å². The topological polar surface area (TPSA) is 26.3 Å². The Morgan fingerprint density at radius 3 is 3.00 bits per heavy atom. The smallest absolute Gasteiger partial charge is 0.318 e. The predicted molar refractivity (Wildman–Crippen MR) is 34.6 cm³/mol. The highest BCUT2D eigenvalue weighted by atomic mass is 16.5. The van der Waals surface area contributed by atoms with Gasteiger partial charge in [0.1, 0.15) is 13.0 Å². The van der Waals surface area contributed by atoms with Gasteiger partial charge in [0.15, 0.2) is 0 Å². The lowest BCUT2D eigenvalue weighted by atomic mass is 10.5. The molecule has 0 fully saturated rings. The fourth-order valence-electron chi connectivity index (χ4n) is 0.286. The molecule has 2 heteroatoms. The average Bonchev–Trinajstić information content (AvgIpc) is 1.85. The standard InChI is InChI=1S/C7H8O2/c1-3-5-7(8)9-6-4-2/h1,4H,2,5-6H2. The molecule has 0 N–H and O–H groups in total. The van der Waals surface area contributed by atoms with Gasteiger partial charge in [-0.15, -0.1) is 6.42 Å². The van der Waals surface area contributed by atoms with Crippen molar-refractivity contribution >= 4 is 5.97 Å². The van der Waals surface area contributed by atoms with Crippen LogP contribution in [0.25, 0.3) is 0 Å². The van der Waals surface area contributed by atoms with Crippen LogP contribution in [-0.4, -0.2) is 12.6 Å². The van der Waals surface area contributed by atoms with Gasteiger partial charge < -0.3 is 4.74 Å². The van der Waals surface area contributed by atoms with E-state index in [1.54, 1.807) is 0 Å². The number of carbonyl (C=O) groups is 1. The number of terminal acetylenes is 1. The summed E-state index contributed by atoms with van der Waals surface area (Å²) in [6.45, 7) is 3.60. The molecule has 0 aromatic rings. The highest BCUT2D eigenvalue weighted by molar-refractivity contribution is 5.72. The van der Waals surface area contributed by atoms with Crippen LogP contribution >= 0.6 is 0 Å². The van der Waals surface area contributed by atoms with Gasteiger partial charge in [-0.05, 0) is 0 Å². The van der Waals surface area contributed by atoms with E-state index in [1.165, 1.54) is 6.08 Å². The highest BCUT2D eigenvalue weighted by Gasteiger charge is 1.94. The van der Waals surface area contributed by atoms with E-state index in [0.29, 0.717) is 0 Å². The maximum atomic E-state index is 10.4. The quantitative estimate of drug-likeness (QED) is 0.315. The Balaban J connectivity index is 3.29. The zero-order chi connectivity index (χ0) is 7.11. The van der Waals surface area contributed by atoms with Crippen LogP contribution in [-0.2, 0) is 9.53 Å². The van der Waals surface area contributed by atoms with Crippen LogP contribution in [0, 0.1) is 12.3 Å². The second-order valence-corrected chi connectivity index (χ2v) is 1.35. The van der Waals surface area contributed by atoms with Crippen molar-refractivity contribution in [2.75, 3.05) is 6.61 Å². The molecule has 0 bridgehead atoms. The van der Waals surface area contributed by atoms with Crippen molar-refractivity contribution < 1.29 is 9.53 Å². The van der Waals surface area contributed by atoms with Gasteiger partial charge in [0.25, 0.3) is 0 Å². The minimum atomic E-state index is -0.377. The van der Waals surface area contributed by atoms with E-state index >= 15 is 0 Å². The molecule has 0 saturated heterocycles. The van der Waals surface area contributed by atoms with Crippen LogP contribution in [0.2, 0.25) is 0 Å². The van der Waals surface area contributed by atoms with Gasteiger partial charge in [0.05, 0.1) is 0 Å². The maximum absolute atomic E-state index is 10.4. The van der Waals surface area contributed by atoms with Gasteiger partial charge in [-0.2, -0.15) is 0 Å². The van der Waals surface area contributed by atoms with Crippen molar-refractivity contribution in [1.29, 1.82) is 0 Å². The van der Waals surface area contributed by atoms with Crippen molar-refractivity contribution in [2.45, 2.75) is 6.42 Å². The highest BCUT2D eigenvalue weighted by Crippen LogP contribution is 1.82. The molecule has 2 nitrogen and oxygen atoms in total. The first kappa shape index (κ1) is 7.77. The number of hydrogen-bond donors (Lipinski definition) is 0. The Morgan fingerprint density at radius 2 is 2.56 bits per heavy atom. The molecule has 0 amide bonds. The first-order valence-electron chi connectivity index (χ1n) is 2.51. The van der Waals surface area contributed by atoms with E-state index in [2.05, 4.69) is 17.2 Å². The summed E-state index contributed by atoms with van der Waals surface area (Å²) in [7, 11) is 0. The Kier molecular flexibility index (Phi) is 4.25. The molecule has 0 atom stereocenters. The first-order chi connectivity index (χ1) is 4.31. The van der Waals surface area contributed by atoms with Crippen molar-refractivity contribution in [3.63, 3.8) is 0 Å². The minimum absolute atomic E-state index is 0.0356. The summed E-state index contributed by atoms with van der Waals surface area (Å²) in [5.41, 5.74) is 0. The van der Waals surface area contributed by atoms with Gasteiger partial charge in [-0.25, -0.2) is 0 Å². The average molecular weight is 124 g/mol. The number of ether oxygens (including phenoxy) is 1. The molecule has 0 unspecified atom stereocenters. The summed E-state index contributed by atoms with van der Waals surface area (Å²) in [6, 6.07) is 0. The molecule has 9 heavy (non-hydrogen) atoms. The number of hydrogen-bond acceptors (Lipinski definition) is 2. The van der Waals surface area contributed by atoms with Crippen molar-refractivity contribution in [3.05, 3.63) is 12.7 Å². The molecule has 0 aliphatic rings. The maximum Gasteiger partial charge on any atom is 0.318 e. The van der Waals surface area contributed by atoms with Gasteiger partial charge in [0, 0.05) is 0 Å². The molecule has 0 heterocycles. The third-order valence-electron chi connectivity index (χ3n) is 0.609. The third kappa shape index (κ3) is 4.63. The largest absolute Gasteiger partial charge is 0.461 e. The Hall–Kier alpha value is -1.23. The fourth-order valence-corrected chi connectivity index (χ4v) is 0.286. The summed E-state index contributed by atoms with van der Waals surface area (Å²) < 4.78 is 4.53. The van der Waals surface area contributed by atoms with Crippen LogP contribution in [0.1, 0.15) is 6.42 Å². The van der Waals surface area contributed by atoms with Gasteiger partial charge in [-0.1, -0.05) is 18.6 Å². The Bertz CT molecular complexity index is 141. The van der Waals surface area contributed by atoms with Crippen LogP contribution in [0.15, 0.2) is 12.7 Å². The lowest BCUT2D eigenvalue weighted by Crippen LogP contribution is -2.01. The predicted octanol–water partition coefficient (Wildman–Crippen LogP) is 0.739. The van der Waals surface area contributed by atoms with E-state index in [0.717, 1.165) is 0 Å².